The van der Waals surface area contributed by atoms with Gasteiger partial charge >= 0.3 is 0 Å². The Bertz CT molecular complexity index is 986. The van der Waals surface area contributed by atoms with Gasteiger partial charge in [-0.05, 0) is 47.2 Å². The summed E-state index contributed by atoms with van der Waals surface area (Å²) in [5, 5.41) is 2.98. The molecule has 2 aromatic heterocycles. The summed E-state index contributed by atoms with van der Waals surface area (Å²) in [7, 11) is -2.15. The zero-order chi connectivity index (χ0) is 16.6. The summed E-state index contributed by atoms with van der Waals surface area (Å²) in [5.74, 6) is -0.600. The molecule has 0 aliphatic heterocycles. The molecule has 8 heteroatoms. The second kappa shape index (κ2) is 6.03. The van der Waals surface area contributed by atoms with E-state index >= 15 is 0 Å². The van der Waals surface area contributed by atoms with Crippen molar-refractivity contribution >= 4 is 37.0 Å². The number of rotatable bonds is 4. The van der Waals surface area contributed by atoms with Gasteiger partial charge in [-0.1, -0.05) is 6.07 Å². The number of hydrogen-bond donors (Lipinski definition) is 1. The SMILES string of the molecule is CNCc1cn(S(=O)(=O)c2cccc(F)c2)c2cc(Br)cnc12. The Labute approximate surface area is 141 Å². The van der Waals surface area contributed by atoms with E-state index in [2.05, 4.69) is 26.2 Å². The summed E-state index contributed by atoms with van der Waals surface area (Å²) in [5.41, 5.74) is 1.77. The summed E-state index contributed by atoms with van der Waals surface area (Å²) in [6.45, 7) is 0.469. The van der Waals surface area contributed by atoms with Crippen molar-refractivity contribution in [2.45, 2.75) is 11.4 Å². The van der Waals surface area contributed by atoms with Crippen LogP contribution in [0.5, 0.6) is 0 Å². The maximum absolute atomic E-state index is 13.4. The van der Waals surface area contributed by atoms with E-state index in [9.17, 15) is 12.8 Å². The number of fused-ring (bicyclic) bond motifs is 1. The molecular weight excluding hydrogens is 385 g/mol. The number of nitrogens with zero attached hydrogens (tertiary/aromatic N) is 2. The molecular formula is C15H13BrFN3O2S. The van der Waals surface area contributed by atoms with Gasteiger partial charge in [0.2, 0.25) is 0 Å². The highest BCUT2D eigenvalue weighted by Crippen LogP contribution is 2.27. The highest BCUT2D eigenvalue weighted by Gasteiger charge is 2.22. The molecule has 1 aromatic carbocycles. The molecule has 0 saturated carbocycles. The first-order valence-corrected chi connectivity index (χ1v) is 8.98. The number of benzene rings is 1. The molecule has 3 aromatic rings. The van der Waals surface area contributed by atoms with E-state index in [0.29, 0.717) is 22.1 Å². The lowest BCUT2D eigenvalue weighted by molar-refractivity contribution is 0.584. The molecule has 3 rings (SSSR count). The van der Waals surface area contributed by atoms with Crippen LogP contribution in [0.15, 0.2) is 52.1 Å². The van der Waals surface area contributed by atoms with Gasteiger partial charge in [0.1, 0.15) is 5.82 Å². The molecule has 0 saturated heterocycles. The molecule has 0 atom stereocenters. The van der Waals surface area contributed by atoms with Crippen LogP contribution in [-0.2, 0) is 16.6 Å². The van der Waals surface area contributed by atoms with Gasteiger partial charge in [-0.2, -0.15) is 0 Å². The minimum atomic E-state index is -3.91. The molecule has 0 radical (unpaired) electrons. The van der Waals surface area contributed by atoms with Crippen LogP contribution >= 0.6 is 15.9 Å². The first-order valence-electron chi connectivity index (χ1n) is 6.74. The minimum absolute atomic E-state index is 0.106. The molecule has 5 nitrogen and oxygen atoms in total. The van der Waals surface area contributed by atoms with Crippen molar-refractivity contribution in [2.24, 2.45) is 0 Å². The summed E-state index contributed by atoms with van der Waals surface area (Å²) in [6.07, 6.45) is 3.13. The Balaban J connectivity index is 2.28. The van der Waals surface area contributed by atoms with Crippen LogP contribution in [0.3, 0.4) is 0 Å². The topological polar surface area (TPSA) is 64.0 Å². The summed E-state index contributed by atoms with van der Waals surface area (Å²) < 4.78 is 40.9. The lowest BCUT2D eigenvalue weighted by Crippen LogP contribution is -2.12. The van der Waals surface area contributed by atoms with Gasteiger partial charge in [-0.25, -0.2) is 16.8 Å². The normalized spacial score (nSPS) is 12.0. The Morgan fingerprint density at radius 3 is 2.83 bits per heavy atom. The van der Waals surface area contributed by atoms with Crippen molar-refractivity contribution in [3.05, 3.63) is 58.6 Å². The van der Waals surface area contributed by atoms with Crippen LogP contribution in [0.4, 0.5) is 4.39 Å². The summed E-state index contributed by atoms with van der Waals surface area (Å²) >= 11 is 3.30. The van der Waals surface area contributed by atoms with Crippen molar-refractivity contribution in [3.8, 4) is 0 Å². The number of aromatic nitrogens is 2. The zero-order valence-corrected chi connectivity index (χ0v) is 14.5. The second-order valence-electron chi connectivity index (χ2n) is 4.96. The molecule has 1 N–H and O–H groups in total. The molecule has 0 fully saturated rings. The number of pyridine rings is 1. The zero-order valence-electron chi connectivity index (χ0n) is 12.1. The molecule has 0 unspecified atom stereocenters. The van der Waals surface area contributed by atoms with Gasteiger partial charge in [0.15, 0.2) is 0 Å². The molecule has 0 bridgehead atoms. The largest absolute Gasteiger partial charge is 0.316 e. The van der Waals surface area contributed by atoms with Gasteiger partial charge < -0.3 is 5.32 Å². The molecule has 0 aliphatic rings. The van der Waals surface area contributed by atoms with E-state index in [0.717, 1.165) is 15.6 Å². The number of hydrogen-bond acceptors (Lipinski definition) is 4. The highest BCUT2D eigenvalue weighted by molar-refractivity contribution is 9.10. The summed E-state index contributed by atoms with van der Waals surface area (Å²) in [4.78, 5) is 4.19. The fourth-order valence-electron chi connectivity index (χ4n) is 2.38. The van der Waals surface area contributed by atoms with Crippen molar-refractivity contribution in [3.63, 3.8) is 0 Å². The molecule has 0 aliphatic carbocycles. The second-order valence-corrected chi connectivity index (χ2v) is 7.69. The van der Waals surface area contributed by atoms with Crippen LogP contribution in [-0.4, -0.2) is 24.4 Å². The van der Waals surface area contributed by atoms with Crippen LogP contribution in [0, 0.1) is 5.82 Å². The highest BCUT2D eigenvalue weighted by atomic mass is 79.9. The van der Waals surface area contributed by atoms with Crippen LogP contribution in [0.25, 0.3) is 11.0 Å². The Morgan fingerprint density at radius 2 is 2.13 bits per heavy atom. The molecule has 120 valence electrons. The number of nitrogens with one attached hydrogen (secondary N) is 1. The van der Waals surface area contributed by atoms with Gasteiger partial charge in [-0.3, -0.25) is 4.98 Å². The smallest absolute Gasteiger partial charge is 0.268 e. The lowest BCUT2D eigenvalue weighted by atomic mass is 10.2. The average Bonchev–Trinajstić information content (AvgIpc) is 2.86. The maximum atomic E-state index is 13.4. The Hall–Kier alpha value is -1.77. The average molecular weight is 398 g/mol. The fourth-order valence-corrected chi connectivity index (χ4v) is 4.10. The standard InChI is InChI=1S/C15H13BrFN3O2S/c1-18-7-10-9-20(14-5-11(16)8-19-15(10)14)23(21,22)13-4-2-3-12(17)6-13/h2-6,8-9,18H,7H2,1H3. The van der Waals surface area contributed by atoms with Crippen LogP contribution in [0.1, 0.15) is 5.56 Å². The first kappa shape index (κ1) is 16.1. The predicted octanol–water partition coefficient (Wildman–Crippen LogP) is 2.89. The van der Waals surface area contributed by atoms with Crippen molar-refractivity contribution in [2.75, 3.05) is 7.05 Å². The molecule has 0 spiro atoms. The van der Waals surface area contributed by atoms with Crippen molar-refractivity contribution in [1.82, 2.24) is 14.3 Å². The molecule has 2 heterocycles. The third kappa shape index (κ3) is 2.89. The predicted molar refractivity (Wildman–Crippen MR) is 89.2 cm³/mol. The maximum Gasteiger partial charge on any atom is 0.268 e. The van der Waals surface area contributed by atoms with Crippen molar-refractivity contribution in [1.29, 1.82) is 0 Å². The van der Waals surface area contributed by atoms with E-state index in [1.807, 2.05) is 0 Å². The quantitative estimate of drug-likeness (QED) is 0.734. The third-order valence-electron chi connectivity index (χ3n) is 3.37. The summed E-state index contributed by atoms with van der Waals surface area (Å²) in [6, 6.07) is 6.63. The van der Waals surface area contributed by atoms with E-state index in [1.165, 1.54) is 24.4 Å². The Morgan fingerprint density at radius 1 is 1.35 bits per heavy atom. The van der Waals surface area contributed by atoms with Gasteiger partial charge in [0.05, 0.1) is 15.9 Å². The van der Waals surface area contributed by atoms with E-state index in [-0.39, 0.29) is 4.90 Å². The first-order chi connectivity index (χ1) is 10.9. The lowest BCUT2D eigenvalue weighted by Gasteiger charge is -2.07. The number of halogens is 2. The molecule has 0 amide bonds. The van der Waals surface area contributed by atoms with Crippen molar-refractivity contribution < 1.29 is 12.8 Å². The Kier molecular flexibility index (Phi) is 4.22. The van der Waals surface area contributed by atoms with E-state index in [1.54, 1.807) is 19.3 Å². The third-order valence-corrected chi connectivity index (χ3v) is 5.47. The van der Waals surface area contributed by atoms with Gasteiger partial charge in [-0.15, -0.1) is 0 Å². The minimum Gasteiger partial charge on any atom is -0.316 e. The van der Waals surface area contributed by atoms with Crippen LogP contribution < -0.4 is 5.32 Å². The van der Waals surface area contributed by atoms with Crippen LogP contribution in [0.2, 0.25) is 0 Å². The van der Waals surface area contributed by atoms with E-state index in [4.69, 9.17) is 0 Å². The van der Waals surface area contributed by atoms with E-state index < -0.39 is 15.8 Å². The monoisotopic (exact) mass is 397 g/mol. The van der Waals surface area contributed by atoms with Gasteiger partial charge in [0, 0.05) is 29.0 Å². The fraction of sp³-hybridized carbons (Fsp3) is 0.133. The molecule has 23 heavy (non-hydrogen) atoms. The van der Waals surface area contributed by atoms with Gasteiger partial charge in [0.25, 0.3) is 10.0 Å².